The lowest BCUT2D eigenvalue weighted by atomic mass is 9.93. The van der Waals surface area contributed by atoms with Gasteiger partial charge < -0.3 is 5.32 Å². The molecule has 0 fully saturated rings. The molecular formula is C14H12ClN. The van der Waals surface area contributed by atoms with Crippen molar-refractivity contribution in [3.05, 3.63) is 64.7 Å². The molecule has 0 radical (unpaired) electrons. The van der Waals surface area contributed by atoms with E-state index in [0.29, 0.717) is 5.92 Å². The normalized spacial score (nSPS) is 17.9. The second-order valence-corrected chi connectivity index (χ2v) is 4.51. The predicted octanol–water partition coefficient (Wildman–Crippen LogP) is 3.90. The molecule has 1 N–H and O–H groups in total. The number of benzene rings is 2. The van der Waals surface area contributed by atoms with Gasteiger partial charge in [-0.1, -0.05) is 41.9 Å². The zero-order valence-electron chi connectivity index (χ0n) is 8.78. The van der Waals surface area contributed by atoms with Crippen molar-refractivity contribution in [2.75, 3.05) is 11.9 Å². The van der Waals surface area contributed by atoms with Crippen molar-refractivity contribution in [3.8, 4) is 0 Å². The lowest BCUT2D eigenvalue weighted by molar-refractivity contribution is 0.907. The summed E-state index contributed by atoms with van der Waals surface area (Å²) in [5.41, 5.74) is 3.85. The zero-order chi connectivity index (χ0) is 11.0. The van der Waals surface area contributed by atoms with E-state index in [0.717, 1.165) is 11.6 Å². The first-order valence-corrected chi connectivity index (χ1v) is 5.80. The van der Waals surface area contributed by atoms with E-state index in [-0.39, 0.29) is 0 Å². The summed E-state index contributed by atoms with van der Waals surface area (Å²) in [6, 6.07) is 16.6. The van der Waals surface area contributed by atoms with Gasteiger partial charge in [0.2, 0.25) is 0 Å². The van der Waals surface area contributed by atoms with Crippen LogP contribution < -0.4 is 5.32 Å². The average Bonchev–Trinajstić information content (AvgIpc) is 2.73. The van der Waals surface area contributed by atoms with Crippen LogP contribution in [0.25, 0.3) is 0 Å². The smallest absolute Gasteiger partial charge is 0.0410 e. The molecule has 1 heterocycles. The topological polar surface area (TPSA) is 12.0 Å². The number of fused-ring (bicyclic) bond motifs is 1. The van der Waals surface area contributed by atoms with Crippen LogP contribution in [0.3, 0.4) is 0 Å². The average molecular weight is 230 g/mol. The van der Waals surface area contributed by atoms with Gasteiger partial charge in [0.05, 0.1) is 0 Å². The molecule has 0 bridgehead atoms. The standard InChI is InChI=1S/C14H12ClN/c15-11-6-7-14-12(8-11)13(9-16-14)10-4-2-1-3-5-10/h1-8,13,16H,9H2. The Kier molecular flexibility index (Phi) is 2.33. The van der Waals surface area contributed by atoms with E-state index < -0.39 is 0 Å². The molecule has 1 nitrogen and oxygen atoms in total. The Balaban J connectivity index is 2.06. The van der Waals surface area contributed by atoms with Crippen molar-refractivity contribution in [1.82, 2.24) is 0 Å². The Morgan fingerprint density at radius 2 is 1.88 bits per heavy atom. The molecule has 3 rings (SSSR count). The Bertz CT molecular complexity index is 507. The summed E-state index contributed by atoms with van der Waals surface area (Å²) in [4.78, 5) is 0. The molecule has 0 aromatic heterocycles. The number of anilines is 1. The van der Waals surface area contributed by atoms with Gasteiger partial charge in [0.25, 0.3) is 0 Å². The summed E-state index contributed by atoms with van der Waals surface area (Å²) in [6.45, 7) is 0.958. The highest BCUT2D eigenvalue weighted by Gasteiger charge is 2.23. The number of rotatable bonds is 1. The van der Waals surface area contributed by atoms with Gasteiger partial charge in [-0.3, -0.25) is 0 Å². The maximum Gasteiger partial charge on any atom is 0.0410 e. The third kappa shape index (κ3) is 1.57. The molecule has 0 spiro atoms. The Morgan fingerprint density at radius 3 is 2.69 bits per heavy atom. The van der Waals surface area contributed by atoms with Gasteiger partial charge in [-0.2, -0.15) is 0 Å². The molecule has 1 atom stereocenters. The van der Waals surface area contributed by atoms with E-state index in [4.69, 9.17) is 11.6 Å². The first-order chi connectivity index (χ1) is 7.84. The van der Waals surface area contributed by atoms with Crippen molar-refractivity contribution < 1.29 is 0 Å². The fraction of sp³-hybridized carbons (Fsp3) is 0.143. The Morgan fingerprint density at radius 1 is 1.06 bits per heavy atom. The van der Waals surface area contributed by atoms with Crippen LogP contribution in [0.1, 0.15) is 17.0 Å². The minimum Gasteiger partial charge on any atom is -0.384 e. The van der Waals surface area contributed by atoms with Crippen LogP contribution in [0.2, 0.25) is 5.02 Å². The van der Waals surface area contributed by atoms with Crippen molar-refractivity contribution in [3.63, 3.8) is 0 Å². The van der Waals surface area contributed by atoms with Crippen molar-refractivity contribution in [1.29, 1.82) is 0 Å². The highest BCUT2D eigenvalue weighted by molar-refractivity contribution is 6.30. The third-order valence-corrected chi connectivity index (χ3v) is 3.32. The van der Waals surface area contributed by atoms with E-state index in [1.807, 2.05) is 12.1 Å². The molecule has 1 aliphatic rings. The number of hydrogen-bond acceptors (Lipinski definition) is 1. The van der Waals surface area contributed by atoms with Gasteiger partial charge in [0.1, 0.15) is 0 Å². The first-order valence-electron chi connectivity index (χ1n) is 5.43. The van der Waals surface area contributed by atoms with Crippen LogP contribution in [-0.2, 0) is 0 Å². The molecule has 0 amide bonds. The quantitative estimate of drug-likeness (QED) is 0.782. The summed E-state index contributed by atoms with van der Waals surface area (Å²) in [5, 5.41) is 4.23. The number of nitrogens with one attached hydrogen (secondary N) is 1. The number of halogens is 1. The van der Waals surface area contributed by atoms with Gasteiger partial charge in [-0.15, -0.1) is 0 Å². The Labute approximate surface area is 100 Å². The molecule has 0 saturated carbocycles. The van der Waals surface area contributed by atoms with Crippen molar-refractivity contribution >= 4 is 17.3 Å². The predicted molar refractivity (Wildman–Crippen MR) is 68.2 cm³/mol. The first kappa shape index (κ1) is 9.73. The minimum absolute atomic E-state index is 0.426. The van der Waals surface area contributed by atoms with Crippen molar-refractivity contribution in [2.45, 2.75) is 5.92 Å². The molecule has 0 aliphatic carbocycles. The van der Waals surface area contributed by atoms with Gasteiger partial charge in [-0.25, -0.2) is 0 Å². The van der Waals surface area contributed by atoms with Gasteiger partial charge in [-0.05, 0) is 29.3 Å². The maximum atomic E-state index is 6.05. The van der Waals surface area contributed by atoms with Gasteiger partial charge in [0, 0.05) is 23.2 Å². The summed E-state index contributed by atoms with van der Waals surface area (Å²) >= 11 is 6.05. The molecule has 2 aromatic carbocycles. The highest BCUT2D eigenvalue weighted by Crippen LogP contribution is 2.37. The summed E-state index contributed by atoms with van der Waals surface area (Å²) in [5.74, 6) is 0.426. The van der Waals surface area contributed by atoms with Gasteiger partial charge in [0.15, 0.2) is 0 Å². The van der Waals surface area contributed by atoms with Crippen LogP contribution in [0.15, 0.2) is 48.5 Å². The van der Waals surface area contributed by atoms with E-state index in [1.165, 1.54) is 16.8 Å². The van der Waals surface area contributed by atoms with E-state index >= 15 is 0 Å². The van der Waals surface area contributed by atoms with E-state index in [1.54, 1.807) is 0 Å². The molecule has 80 valence electrons. The van der Waals surface area contributed by atoms with Crippen molar-refractivity contribution in [2.24, 2.45) is 0 Å². The molecule has 0 saturated heterocycles. The fourth-order valence-electron chi connectivity index (χ4n) is 2.29. The molecule has 2 aromatic rings. The van der Waals surface area contributed by atoms with E-state index in [2.05, 4.69) is 41.7 Å². The Hall–Kier alpha value is -1.47. The fourth-order valence-corrected chi connectivity index (χ4v) is 2.47. The van der Waals surface area contributed by atoms with E-state index in [9.17, 15) is 0 Å². The minimum atomic E-state index is 0.426. The second kappa shape index (κ2) is 3.84. The largest absolute Gasteiger partial charge is 0.384 e. The summed E-state index contributed by atoms with van der Waals surface area (Å²) < 4.78 is 0. The number of hydrogen-bond donors (Lipinski definition) is 1. The molecular weight excluding hydrogens is 218 g/mol. The summed E-state index contributed by atoms with van der Waals surface area (Å²) in [7, 11) is 0. The van der Waals surface area contributed by atoms with Crippen LogP contribution in [-0.4, -0.2) is 6.54 Å². The maximum absolute atomic E-state index is 6.05. The zero-order valence-corrected chi connectivity index (χ0v) is 9.54. The van der Waals surface area contributed by atoms with Gasteiger partial charge >= 0.3 is 0 Å². The summed E-state index contributed by atoms with van der Waals surface area (Å²) in [6.07, 6.45) is 0. The SMILES string of the molecule is Clc1ccc2c(c1)C(c1ccccc1)CN2. The second-order valence-electron chi connectivity index (χ2n) is 4.08. The third-order valence-electron chi connectivity index (χ3n) is 3.09. The lowest BCUT2D eigenvalue weighted by Crippen LogP contribution is -2.03. The highest BCUT2D eigenvalue weighted by atomic mass is 35.5. The van der Waals surface area contributed by atoms with Crippen LogP contribution >= 0.6 is 11.6 Å². The monoisotopic (exact) mass is 229 g/mol. The molecule has 2 heteroatoms. The lowest BCUT2D eigenvalue weighted by Gasteiger charge is -2.10. The van der Waals surface area contributed by atoms with Crippen LogP contribution in [0.4, 0.5) is 5.69 Å². The molecule has 16 heavy (non-hydrogen) atoms. The molecule has 1 unspecified atom stereocenters. The molecule has 1 aliphatic heterocycles. The van der Waals surface area contributed by atoms with Crippen LogP contribution in [0, 0.1) is 0 Å². The van der Waals surface area contributed by atoms with Crippen LogP contribution in [0.5, 0.6) is 0 Å².